The van der Waals surface area contributed by atoms with E-state index in [1.54, 1.807) is 0 Å². The number of urea groups is 1. The van der Waals surface area contributed by atoms with Gasteiger partial charge in [-0.1, -0.05) is 0 Å². The van der Waals surface area contributed by atoms with Crippen LogP contribution in [0, 0.1) is 11.3 Å². The van der Waals surface area contributed by atoms with Gasteiger partial charge in [0.2, 0.25) is 0 Å². The van der Waals surface area contributed by atoms with Gasteiger partial charge in [-0.05, 0) is 31.7 Å². The first-order chi connectivity index (χ1) is 13.1. The molecule has 28 heavy (non-hydrogen) atoms. The summed E-state index contributed by atoms with van der Waals surface area (Å²) < 4.78 is 34.9. The van der Waals surface area contributed by atoms with Crippen molar-refractivity contribution < 1.29 is 31.7 Å². The van der Waals surface area contributed by atoms with E-state index in [-0.39, 0.29) is 30.9 Å². The number of nitrogens with two attached hydrogens (primary N) is 1. The Hall–Kier alpha value is -2.00. The molecule has 2 bridgehead atoms. The summed E-state index contributed by atoms with van der Waals surface area (Å²) >= 11 is 0. The summed E-state index contributed by atoms with van der Waals surface area (Å²) in [5.74, 6) is -0.119. The lowest BCUT2D eigenvalue weighted by molar-refractivity contribution is -0.139. The number of nitrogens with one attached hydrogen (secondary N) is 3. The zero-order chi connectivity index (χ0) is 20.5. The lowest BCUT2D eigenvalue weighted by atomic mass is 10.0. The van der Waals surface area contributed by atoms with Crippen molar-refractivity contribution in [3.05, 3.63) is 0 Å². The van der Waals surface area contributed by atoms with Gasteiger partial charge in [-0.3, -0.25) is 19.6 Å². The van der Waals surface area contributed by atoms with E-state index < -0.39 is 34.4 Å². The van der Waals surface area contributed by atoms with Crippen LogP contribution in [0.1, 0.15) is 25.7 Å². The average molecular weight is 420 g/mol. The molecule has 3 amide bonds. The molecule has 0 spiro atoms. The first-order valence-electron chi connectivity index (χ1n) is 8.89. The van der Waals surface area contributed by atoms with E-state index in [4.69, 9.17) is 20.5 Å². The molecule has 4 atom stereocenters. The fraction of sp³-hybridized carbons (Fsp3) is 0.786. The molecule has 14 heteroatoms. The third-order valence-corrected chi connectivity index (χ3v) is 5.43. The first-order valence-corrected chi connectivity index (χ1v) is 10.3. The fourth-order valence-corrected chi connectivity index (χ4v) is 4.27. The Morgan fingerprint density at radius 3 is 2.86 bits per heavy atom. The molecule has 3 rings (SSSR count). The molecular formula is C14H24N6O7S. The standard InChI is InChI=1S/C14H24N6O7S/c15-12(16)4-8-3-9(17-5-8)7-26-18-13(21)11-2-1-10-6-19(11)14(22)20(10)27-28(23,24)25/h8-11,17H,1-7H2,(H3,15,16)(H,18,21)(H,23,24,25)/t8-,9+,10-,11+/m1/s1. The molecule has 0 aliphatic carbocycles. The second kappa shape index (κ2) is 8.16. The van der Waals surface area contributed by atoms with Crippen LogP contribution < -0.4 is 16.5 Å². The number of fused-ring (bicyclic) bond motifs is 2. The van der Waals surface area contributed by atoms with Gasteiger partial charge in [-0.2, -0.15) is 13.5 Å². The molecule has 0 aromatic heterocycles. The van der Waals surface area contributed by atoms with E-state index in [1.807, 2.05) is 0 Å². The molecule has 0 unspecified atom stereocenters. The van der Waals surface area contributed by atoms with Gasteiger partial charge < -0.3 is 16.0 Å². The van der Waals surface area contributed by atoms with Crippen LogP contribution in [0.25, 0.3) is 0 Å². The number of hydrogen-bond donors (Lipinski definition) is 5. The molecule has 158 valence electrons. The Morgan fingerprint density at radius 2 is 2.18 bits per heavy atom. The highest BCUT2D eigenvalue weighted by molar-refractivity contribution is 7.80. The third-order valence-electron chi connectivity index (χ3n) is 5.08. The van der Waals surface area contributed by atoms with Gasteiger partial charge in [0, 0.05) is 19.0 Å². The van der Waals surface area contributed by atoms with Crippen molar-refractivity contribution >= 4 is 28.2 Å². The molecule has 0 aromatic rings. The van der Waals surface area contributed by atoms with Gasteiger partial charge in [0.05, 0.1) is 18.5 Å². The molecule has 0 saturated carbocycles. The van der Waals surface area contributed by atoms with Crippen LogP contribution in [-0.4, -0.2) is 78.5 Å². The molecule has 3 heterocycles. The van der Waals surface area contributed by atoms with Gasteiger partial charge >= 0.3 is 16.4 Å². The van der Waals surface area contributed by atoms with Crippen LogP contribution >= 0.6 is 0 Å². The van der Waals surface area contributed by atoms with Crippen LogP contribution in [-0.2, 0) is 24.3 Å². The quantitative estimate of drug-likeness (QED) is 0.132. The number of piperidine rings is 1. The number of amidine groups is 1. The molecule has 3 saturated heterocycles. The van der Waals surface area contributed by atoms with E-state index in [0.717, 1.165) is 13.0 Å². The molecule has 13 nitrogen and oxygen atoms in total. The third kappa shape index (κ3) is 4.88. The first kappa shape index (κ1) is 20.7. The maximum Gasteiger partial charge on any atom is 0.418 e. The smallest absolute Gasteiger partial charge is 0.388 e. The Kier molecular flexibility index (Phi) is 6.04. The number of hydroxylamine groups is 3. The van der Waals surface area contributed by atoms with E-state index in [1.165, 1.54) is 4.90 Å². The highest BCUT2D eigenvalue weighted by atomic mass is 32.3. The normalized spacial score (nSPS) is 30.0. The molecule has 3 aliphatic rings. The Bertz CT molecular complexity index is 746. The minimum absolute atomic E-state index is 0.0208. The van der Waals surface area contributed by atoms with Crippen molar-refractivity contribution in [2.45, 2.75) is 43.8 Å². The number of nitrogens with zero attached hydrogens (tertiary/aromatic N) is 2. The van der Waals surface area contributed by atoms with Gasteiger partial charge in [0.1, 0.15) is 6.04 Å². The largest absolute Gasteiger partial charge is 0.418 e. The number of carbonyl (C=O) groups excluding carboxylic acids is 2. The summed E-state index contributed by atoms with van der Waals surface area (Å²) in [6.45, 7) is 1.06. The van der Waals surface area contributed by atoms with Crippen LogP contribution in [0.2, 0.25) is 0 Å². The second-order valence-corrected chi connectivity index (χ2v) is 8.23. The van der Waals surface area contributed by atoms with E-state index in [0.29, 0.717) is 24.3 Å². The van der Waals surface area contributed by atoms with Crippen molar-refractivity contribution in [1.29, 1.82) is 5.41 Å². The lowest BCUT2D eigenvalue weighted by Gasteiger charge is -2.29. The zero-order valence-corrected chi connectivity index (χ0v) is 15.9. The number of rotatable bonds is 8. The Balaban J connectivity index is 1.46. The monoisotopic (exact) mass is 420 g/mol. The van der Waals surface area contributed by atoms with Crippen molar-refractivity contribution in [1.82, 2.24) is 20.8 Å². The highest BCUT2D eigenvalue weighted by Gasteiger charge is 2.49. The molecule has 3 aliphatic heterocycles. The van der Waals surface area contributed by atoms with Gasteiger partial charge in [-0.15, -0.1) is 4.28 Å². The highest BCUT2D eigenvalue weighted by Crippen LogP contribution is 2.30. The van der Waals surface area contributed by atoms with Crippen LogP contribution in [0.4, 0.5) is 4.79 Å². The van der Waals surface area contributed by atoms with Gasteiger partial charge in [0.15, 0.2) is 0 Å². The van der Waals surface area contributed by atoms with E-state index >= 15 is 0 Å². The average Bonchev–Trinajstić information content (AvgIpc) is 3.12. The van der Waals surface area contributed by atoms with E-state index in [2.05, 4.69) is 15.1 Å². The number of carbonyl (C=O) groups is 2. The molecule has 6 N–H and O–H groups in total. The van der Waals surface area contributed by atoms with Gasteiger partial charge in [0.25, 0.3) is 5.91 Å². The summed E-state index contributed by atoms with van der Waals surface area (Å²) in [4.78, 5) is 31.1. The minimum Gasteiger partial charge on any atom is -0.388 e. The van der Waals surface area contributed by atoms with Crippen LogP contribution in [0.3, 0.4) is 0 Å². The molecular weight excluding hydrogens is 396 g/mol. The predicted molar refractivity (Wildman–Crippen MR) is 93.9 cm³/mol. The van der Waals surface area contributed by atoms with Crippen molar-refractivity contribution in [3.63, 3.8) is 0 Å². The number of hydrogen-bond acceptors (Lipinski definition) is 8. The SMILES string of the molecule is N=C(N)C[C@@H]1CN[C@H](CONC(=O)[C@@H]2CC[C@@H]3CN2C(=O)N3OS(=O)(=O)O)C1. The summed E-state index contributed by atoms with van der Waals surface area (Å²) in [6, 6.07) is -2.15. The Morgan fingerprint density at radius 1 is 1.43 bits per heavy atom. The fourth-order valence-electron chi connectivity index (χ4n) is 3.88. The lowest BCUT2D eigenvalue weighted by Crippen LogP contribution is -2.50. The number of amides is 3. The summed E-state index contributed by atoms with van der Waals surface area (Å²) in [7, 11) is -4.83. The van der Waals surface area contributed by atoms with E-state index in [9.17, 15) is 18.0 Å². The van der Waals surface area contributed by atoms with Crippen molar-refractivity contribution in [3.8, 4) is 0 Å². The maximum atomic E-state index is 12.4. The summed E-state index contributed by atoms with van der Waals surface area (Å²) in [5, 5.41) is 11.1. The van der Waals surface area contributed by atoms with Crippen molar-refractivity contribution in [2.75, 3.05) is 19.7 Å². The Labute approximate surface area is 161 Å². The van der Waals surface area contributed by atoms with Crippen LogP contribution in [0.5, 0.6) is 0 Å². The summed E-state index contributed by atoms with van der Waals surface area (Å²) in [6.07, 6.45) is 1.93. The minimum atomic E-state index is -4.83. The topological polar surface area (TPSA) is 187 Å². The molecule has 0 aromatic carbocycles. The van der Waals surface area contributed by atoms with Crippen LogP contribution in [0.15, 0.2) is 0 Å². The predicted octanol–water partition coefficient (Wildman–Crippen LogP) is -1.66. The second-order valence-electron chi connectivity index (χ2n) is 7.22. The van der Waals surface area contributed by atoms with Crippen molar-refractivity contribution in [2.24, 2.45) is 11.7 Å². The summed E-state index contributed by atoms with van der Waals surface area (Å²) in [5.41, 5.74) is 7.73. The maximum absolute atomic E-state index is 12.4. The van der Waals surface area contributed by atoms with Gasteiger partial charge in [-0.25, -0.2) is 10.3 Å². The molecule has 0 radical (unpaired) electrons. The zero-order valence-electron chi connectivity index (χ0n) is 15.0. The molecule has 3 fully saturated rings.